The molecule has 1 aromatic carbocycles. The Morgan fingerprint density at radius 1 is 1.15 bits per heavy atom. The summed E-state index contributed by atoms with van der Waals surface area (Å²) in [7, 11) is 0. The Labute approximate surface area is 116 Å². The number of halogens is 3. The molecular formula is C16H16F3N. The van der Waals surface area contributed by atoms with E-state index in [0.29, 0.717) is 11.4 Å². The Morgan fingerprint density at radius 3 is 2.45 bits per heavy atom. The van der Waals surface area contributed by atoms with Crippen LogP contribution >= 0.6 is 0 Å². The minimum absolute atomic E-state index is 0.298. The monoisotopic (exact) mass is 279 g/mol. The van der Waals surface area contributed by atoms with Crippen molar-refractivity contribution in [3.63, 3.8) is 0 Å². The number of hydrogen-bond acceptors (Lipinski definition) is 0. The van der Waals surface area contributed by atoms with Crippen LogP contribution in [0.3, 0.4) is 0 Å². The Morgan fingerprint density at radius 2 is 1.80 bits per heavy atom. The zero-order valence-corrected chi connectivity index (χ0v) is 11.7. The normalized spacial score (nSPS) is 16.7. The van der Waals surface area contributed by atoms with Gasteiger partial charge in [-0.1, -0.05) is 24.3 Å². The lowest BCUT2D eigenvalue weighted by Crippen LogP contribution is -2.34. The van der Waals surface area contributed by atoms with Crippen LogP contribution in [0, 0.1) is 6.92 Å². The largest absolute Gasteiger partial charge is 0.418 e. The second-order valence-corrected chi connectivity index (χ2v) is 6.01. The van der Waals surface area contributed by atoms with Crippen molar-refractivity contribution >= 4 is 0 Å². The van der Waals surface area contributed by atoms with Crippen LogP contribution in [0.2, 0.25) is 0 Å². The van der Waals surface area contributed by atoms with Crippen LogP contribution in [0.5, 0.6) is 0 Å². The minimum atomic E-state index is -4.31. The van der Waals surface area contributed by atoms with E-state index in [2.05, 4.69) is 0 Å². The highest BCUT2D eigenvalue weighted by Crippen LogP contribution is 2.44. The van der Waals surface area contributed by atoms with E-state index in [-0.39, 0.29) is 5.54 Å². The molecule has 106 valence electrons. The van der Waals surface area contributed by atoms with Crippen molar-refractivity contribution in [1.82, 2.24) is 4.57 Å². The summed E-state index contributed by atoms with van der Waals surface area (Å²) >= 11 is 0. The van der Waals surface area contributed by atoms with Crippen LogP contribution in [0.25, 0.3) is 11.3 Å². The molecule has 2 heterocycles. The molecule has 3 rings (SSSR count). The maximum Gasteiger partial charge on any atom is 0.418 e. The van der Waals surface area contributed by atoms with Crippen molar-refractivity contribution < 1.29 is 13.2 Å². The molecule has 1 nitrogen and oxygen atoms in total. The third kappa shape index (κ3) is 1.78. The molecule has 0 atom stereocenters. The van der Waals surface area contributed by atoms with Crippen molar-refractivity contribution in [2.24, 2.45) is 0 Å². The van der Waals surface area contributed by atoms with Crippen LogP contribution < -0.4 is 0 Å². The van der Waals surface area contributed by atoms with Crippen molar-refractivity contribution in [3.05, 3.63) is 47.2 Å². The maximum atomic E-state index is 13.1. The average molecular weight is 279 g/mol. The molecule has 0 N–H and O–H groups in total. The van der Waals surface area contributed by atoms with Gasteiger partial charge in [0.1, 0.15) is 0 Å². The molecule has 0 aliphatic carbocycles. The summed E-state index contributed by atoms with van der Waals surface area (Å²) < 4.78 is 41.3. The first kappa shape index (κ1) is 13.3. The molecule has 0 bridgehead atoms. The Bertz CT molecular complexity index is 678. The van der Waals surface area contributed by atoms with Crippen molar-refractivity contribution in [1.29, 1.82) is 0 Å². The van der Waals surface area contributed by atoms with Crippen LogP contribution in [-0.4, -0.2) is 4.57 Å². The lowest BCUT2D eigenvalue weighted by atomic mass is 9.86. The van der Waals surface area contributed by atoms with Crippen molar-refractivity contribution in [2.75, 3.05) is 0 Å². The summed E-state index contributed by atoms with van der Waals surface area (Å²) in [5.41, 5.74) is 2.10. The Balaban J connectivity index is 2.34. The number of alkyl halides is 3. The Hall–Kier alpha value is -1.71. The fourth-order valence-corrected chi connectivity index (χ4v) is 3.34. The standard InChI is InChI=1S/C16H16F3N/c1-10-13(16(17,18)19)8-14-12-7-5-4-6-11(12)9-15(2,3)20(10)14/h4-8H,9H2,1-3H3. The quantitative estimate of drug-likeness (QED) is 0.654. The summed E-state index contributed by atoms with van der Waals surface area (Å²) in [6.07, 6.45) is -3.57. The zero-order chi connectivity index (χ0) is 14.7. The Kier molecular flexibility index (Phi) is 2.59. The highest BCUT2D eigenvalue weighted by atomic mass is 19.4. The van der Waals surface area contributed by atoms with Gasteiger partial charge in [-0.25, -0.2) is 0 Å². The third-order valence-electron chi connectivity index (χ3n) is 4.07. The molecule has 0 spiro atoms. The van der Waals surface area contributed by atoms with E-state index in [0.717, 1.165) is 17.5 Å². The molecule has 0 radical (unpaired) electrons. The zero-order valence-electron chi connectivity index (χ0n) is 11.7. The van der Waals surface area contributed by atoms with Crippen LogP contribution in [-0.2, 0) is 18.1 Å². The van der Waals surface area contributed by atoms with E-state index in [1.807, 2.05) is 42.7 Å². The fourth-order valence-electron chi connectivity index (χ4n) is 3.34. The average Bonchev–Trinajstić information content (AvgIpc) is 2.67. The summed E-state index contributed by atoms with van der Waals surface area (Å²) in [6, 6.07) is 8.99. The van der Waals surface area contributed by atoms with Gasteiger partial charge in [-0.15, -0.1) is 0 Å². The minimum Gasteiger partial charge on any atom is -0.338 e. The van der Waals surface area contributed by atoms with Gasteiger partial charge >= 0.3 is 6.18 Å². The number of hydrogen-bond donors (Lipinski definition) is 0. The van der Waals surface area contributed by atoms with Gasteiger partial charge in [-0.2, -0.15) is 13.2 Å². The molecule has 0 fully saturated rings. The van der Waals surface area contributed by atoms with Gasteiger partial charge in [0, 0.05) is 22.5 Å². The first-order valence-electron chi connectivity index (χ1n) is 6.60. The SMILES string of the molecule is Cc1c(C(F)(F)F)cc2n1C(C)(C)Cc1ccccc1-2. The van der Waals surface area contributed by atoms with E-state index < -0.39 is 11.7 Å². The number of benzene rings is 1. The number of fused-ring (bicyclic) bond motifs is 3. The molecular weight excluding hydrogens is 263 g/mol. The molecule has 0 unspecified atom stereocenters. The number of aromatic nitrogens is 1. The molecule has 1 aromatic heterocycles. The van der Waals surface area contributed by atoms with Gasteiger partial charge in [-0.3, -0.25) is 0 Å². The van der Waals surface area contributed by atoms with E-state index in [1.165, 1.54) is 6.07 Å². The first-order valence-corrected chi connectivity index (χ1v) is 6.60. The fraction of sp³-hybridized carbons (Fsp3) is 0.375. The highest BCUT2D eigenvalue weighted by Gasteiger charge is 2.40. The van der Waals surface area contributed by atoms with E-state index >= 15 is 0 Å². The van der Waals surface area contributed by atoms with Crippen molar-refractivity contribution in [3.8, 4) is 11.3 Å². The topological polar surface area (TPSA) is 4.93 Å². The molecule has 0 saturated heterocycles. The van der Waals surface area contributed by atoms with Crippen LogP contribution in [0.1, 0.15) is 30.7 Å². The molecule has 1 aliphatic heterocycles. The number of nitrogens with zero attached hydrogens (tertiary/aromatic N) is 1. The first-order chi connectivity index (χ1) is 9.22. The molecule has 20 heavy (non-hydrogen) atoms. The summed E-state index contributed by atoms with van der Waals surface area (Å²) in [6.45, 7) is 5.53. The predicted molar refractivity (Wildman–Crippen MR) is 72.6 cm³/mol. The van der Waals surface area contributed by atoms with Gasteiger partial charge < -0.3 is 4.57 Å². The van der Waals surface area contributed by atoms with Gasteiger partial charge in [0.25, 0.3) is 0 Å². The molecule has 1 aliphatic rings. The van der Waals surface area contributed by atoms with E-state index in [4.69, 9.17) is 0 Å². The van der Waals surface area contributed by atoms with E-state index in [9.17, 15) is 13.2 Å². The lowest BCUT2D eigenvalue weighted by Gasteiger charge is -2.36. The summed E-state index contributed by atoms with van der Waals surface area (Å²) in [5.74, 6) is 0. The molecule has 2 aromatic rings. The van der Waals surface area contributed by atoms with Gasteiger partial charge in [-0.05, 0) is 38.8 Å². The van der Waals surface area contributed by atoms with Gasteiger partial charge in [0.05, 0.1) is 5.56 Å². The van der Waals surface area contributed by atoms with Crippen molar-refractivity contribution in [2.45, 2.75) is 38.9 Å². The third-order valence-corrected chi connectivity index (χ3v) is 4.07. The highest BCUT2D eigenvalue weighted by molar-refractivity contribution is 5.69. The van der Waals surface area contributed by atoms with Crippen LogP contribution in [0.4, 0.5) is 13.2 Å². The second-order valence-electron chi connectivity index (χ2n) is 6.01. The summed E-state index contributed by atoms with van der Waals surface area (Å²) in [5, 5.41) is 0. The molecule has 0 saturated carbocycles. The number of rotatable bonds is 0. The molecule has 0 amide bonds. The molecule has 4 heteroatoms. The van der Waals surface area contributed by atoms with E-state index in [1.54, 1.807) is 6.92 Å². The maximum absolute atomic E-state index is 13.1. The predicted octanol–water partition coefficient (Wildman–Crippen LogP) is 4.77. The second kappa shape index (κ2) is 3.90. The van der Waals surface area contributed by atoms with Crippen LogP contribution in [0.15, 0.2) is 30.3 Å². The lowest BCUT2D eigenvalue weighted by molar-refractivity contribution is -0.138. The summed E-state index contributed by atoms with van der Waals surface area (Å²) in [4.78, 5) is 0. The smallest absolute Gasteiger partial charge is 0.338 e. The van der Waals surface area contributed by atoms with Gasteiger partial charge in [0.2, 0.25) is 0 Å². The van der Waals surface area contributed by atoms with Gasteiger partial charge in [0.15, 0.2) is 0 Å².